The molecule has 0 aliphatic heterocycles. The van der Waals surface area contributed by atoms with Crippen molar-refractivity contribution in [1.82, 2.24) is 0 Å². The number of benzene rings is 1. The Morgan fingerprint density at radius 3 is 2.15 bits per heavy atom. The van der Waals surface area contributed by atoms with Crippen LogP contribution in [-0.2, 0) is 4.79 Å². The number of hydrogen-bond acceptors (Lipinski definition) is 2. The van der Waals surface area contributed by atoms with Crippen LogP contribution in [0.2, 0.25) is 0 Å². The van der Waals surface area contributed by atoms with Gasteiger partial charge in [0.1, 0.15) is 0 Å². The number of carboxylic acid groups (broad SMARTS) is 1. The molecule has 0 aromatic heterocycles. The zero-order valence-electron chi connectivity index (χ0n) is 7.40. The second-order valence-electron chi connectivity index (χ2n) is 2.23. The first kappa shape index (κ1) is 11.2. The number of hydrogen-bond donors (Lipinski definition) is 1. The average Bonchev–Trinajstić information content (AvgIpc) is 2.20. The first-order valence-corrected chi connectivity index (χ1v) is 3.87. The number of carboxylic acids is 1. The van der Waals surface area contributed by atoms with E-state index in [1.54, 1.807) is 19.1 Å². The summed E-state index contributed by atoms with van der Waals surface area (Å²) in [6, 6.07) is 11.2. The fraction of sp³-hybridized carbons (Fsp3) is 0.200. The predicted molar refractivity (Wildman–Crippen MR) is 49.1 cm³/mol. The number of nitriles is 1. The Hall–Kier alpha value is -1.82. The van der Waals surface area contributed by atoms with Crippen molar-refractivity contribution in [3.63, 3.8) is 0 Å². The molecule has 0 amide bonds. The molecular formula is C10H11NO2. The maximum absolute atomic E-state index is 9.37. The van der Waals surface area contributed by atoms with E-state index in [1.807, 2.05) is 24.3 Å². The van der Waals surface area contributed by atoms with Gasteiger partial charge >= 0.3 is 5.97 Å². The van der Waals surface area contributed by atoms with Gasteiger partial charge in [-0.15, -0.1) is 0 Å². The molecule has 0 atom stereocenters. The Balaban J connectivity index is 0.000000252. The standard InChI is InChI=1S/C7H5N.C3H6O2/c8-6-7-4-2-1-3-5-7;1-2-3(4)5/h1-5H;2H2,1H3,(H,4,5). The van der Waals surface area contributed by atoms with Crippen LogP contribution in [0, 0.1) is 11.3 Å². The molecule has 0 saturated heterocycles. The van der Waals surface area contributed by atoms with E-state index >= 15 is 0 Å². The summed E-state index contributed by atoms with van der Waals surface area (Å²) in [5, 5.41) is 16.0. The predicted octanol–water partition coefficient (Wildman–Crippen LogP) is 2.04. The summed E-state index contributed by atoms with van der Waals surface area (Å²) in [7, 11) is 0. The molecule has 1 aromatic rings. The van der Waals surface area contributed by atoms with Crippen LogP contribution in [0.5, 0.6) is 0 Å². The van der Waals surface area contributed by atoms with Crippen LogP contribution in [0.3, 0.4) is 0 Å². The second kappa shape index (κ2) is 6.86. The maximum atomic E-state index is 9.37. The van der Waals surface area contributed by atoms with Crippen LogP contribution in [0.4, 0.5) is 0 Å². The zero-order valence-corrected chi connectivity index (χ0v) is 7.40. The van der Waals surface area contributed by atoms with Crippen LogP contribution in [0.15, 0.2) is 30.3 Å². The molecule has 0 aliphatic rings. The van der Waals surface area contributed by atoms with E-state index in [-0.39, 0.29) is 6.42 Å². The maximum Gasteiger partial charge on any atom is 0.303 e. The summed E-state index contributed by atoms with van der Waals surface area (Å²) in [6.45, 7) is 1.60. The van der Waals surface area contributed by atoms with Gasteiger partial charge in [-0.05, 0) is 12.1 Å². The van der Waals surface area contributed by atoms with E-state index in [9.17, 15) is 4.79 Å². The van der Waals surface area contributed by atoms with Gasteiger partial charge in [0.2, 0.25) is 0 Å². The molecule has 0 spiro atoms. The molecule has 1 rings (SSSR count). The highest BCUT2D eigenvalue weighted by Crippen LogP contribution is 1.93. The minimum absolute atomic E-state index is 0.222. The van der Waals surface area contributed by atoms with Crippen LogP contribution in [-0.4, -0.2) is 11.1 Å². The third-order valence-electron chi connectivity index (χ3n) is 1.21. The molecule has 1 N–H and O–H groups in total. The lowest BCUT2D eigenvalue weighted by molar-refractivity contribution is -0.136. The highest BCUT2D eigenvalue weighted by Gasteiger charge is 1.81. The second-order valence-corrected chi connectivity index (χ2v) is 2.23. The van der Waals surface area contributed by atoms with Gasteiger partial charge in [0.15, 0.2) is 0 Å². The first-order chi connectivity index (χ1) is 6.20. The van der Waals surface area contributed by atoms with Crippen molar-refractivity contribution >= 4 is 5.97 Å². The highest BCUT2D eigenvalue weighted by molar-refractivity contribution is 5.66. The van der Waals surface area contributed by atoms with E-state index in [2.05, 4.69) is 0 Å². The van der Waals surface area contributed by atoms with E-state index < -0.39 is 5.97 Å². The van der Waals surface area contributed by atoms with Gasteiger partial charge in [0, 0.05) is 6.42 Å². The Bertz CT molecular complexity index is 288. The molecule has 0 aliphatic carbocycles. The first-order valence-electron chi connectivity index (χ1n) is 3.87. The minimum Gasteiger partial charge on any atom is -0.481 e. The normalized spacial score (nSPS) is 7.69. The van der Waals surface area contributed by atoms with Gasteiger partial charge in [-0.25, -0.2) is 0 Å². The van der Waals surface area contributed by atoms with E-state index in [0.717, 1.165) is 0 Å². The molecule has 0 fully saturated rings. The average molecular weight is 177 g/mol. The topological polar surface area (TPSA) is 61.1 Å². The lowest BCUT2D eigenvalue weighted by atomic mass is 10.2. The Morgan fingerprint density at radius 1 is 1.46 bits per heavy atom. The molecule has 1 aromatic carbocycles. The largest absolute Gasteiger partial charge is 0.481 e. The van der Waals surface area contributed by atoms with Gasteiger partial charge in [0.25, 0.3) is 0 Å². The minimum atomic E-state index is -0.745. The number of rotatable bonds is 1. The third-order valence-corrected chi connectivity index (χ3v) is 1.21. The molecular weight excluding hydrogens is 166 g/mol. The van der Waals surface area contributed by atoms with Crippen LogP contribution in [0.25, 0.3) is 0 Å². The summed E-state index contributed by atoms with van der Waals surface area (Å²) in [5.41, 5.74) is 0.715. The molecule has 0 saturated carbocycles. The van der Waals surface area contributed by atoms with Gasteiger partial charge in [-0.2, -0.15) is 5.26 Å². The van der Waals surface area contributed by atoms with Gasteiger partial charge in [0.05, 0.1) is 11.6 Å². The zero-order chi connectivity index (χ0) is 10.1. The molecule has 0 radical (unpaired) electrons. The van der Waals surface area contributed by atoms with Crippen molar-refractivity contribution in [3.8, 4) is 6.07 Å². The molecule has 13 heavy (non-hydrogen) atoms. The molecule has 0 unspecified atom stereocenters. The fourth-order valence-corrected chi connectivity index (χ4v) is 0.513. The summed E-state index contributed by atoms with van der Waals surface area (Å²) in [5.74, 6) is -0.745. The molecule has 3 nitrogen and oxygen atoms in total. The number of aliphatic carboxylic acids is 1. The lowest BCUT2D eigenvalue weighted by Gasteiger charge is -1.80. The molecule has 0 bridgehead atoms. The van der Waals surface area contributed by atoms with E-state index in [0.29, 0.717) is 5.56 Å². The Morgan fingerprint density at radius 2 is 1.92 bits per heavy atom. The summed E-state index contributed by atoms with van der Waals surface area (Å²) in [4.78, 5) is 9.37. The number of nitrogens with zero attached hydrogens (tertiary/aromatic N) is 1. The Labute approximate surface area is 77.2 Å². The summed E-state index contributed by atoms with van der Waals surface area (Å²) in [6.07, 6.45) is 0.222. The molecule has 0 heterocycles. The van der Waals surface area contributed by atoms with Crippen LogP contribution >= 0.6 is 0 Å². The lowest BCUT2D eigenvalue weighted by Crippen LogP contribution is -1.86. The smallest absolute Gasteiger partial charge is 0.303 e. The number of carbonyl (C=O) groups is 1. The monoisotopic (exact) mass is 177 g/mol. The van der Waals surface area contributed by atoms with Crippen LogP contribution < -0.4 is 0 Å². The van der Waals surface area contributed by atoms with Crippen molar-refractivity contribution in [2.24, 2.45) is 0 Å². The SMILES string of the molecule is CCC(=O)O.N#Cc1ccccc1. The molecule has 3 heteroatoms. The van der Waals surface area contributed by atoms with Crippen LogP contribution in [0.1, 0.15) is 18.9 Å². The van der Waals surface area contributed by atoms with E-state index in [4.69, 9.17) is 10.4 Å². The van der Waals surface area contributed by atoms with Crippen molar-refractivity contribution < 1.29 is 9.90 Å². The van der Waals surface area contributed by atoms with Crippen molar-refractivity contribution in [3.05, 3.63) is 35.9 Å². The van der Waals surface area contributed by atoms with Gasteiger partial charge in [-0.1, -0.05) is 25.1 Å². The summed E-state index contributed by atoms with van der Waals surface area (Å²) < 4.78 is 0. The Kier molecular flexibility index (Phi) is 5.90. The van der Waals surface area contributed by atoms with Crippen molar-refractivity contribution in [2.45, 2.75) is 13.3 Å². The fourth-order valence-electron chi connectivity index (χ4n) is 0.513. The molecule has 68 valence electrons. The highest BCUT2D eigenvalue weighted by atomic mass is 16.4. The van der Waals surface area contributed by atoms with Gasteiger partial charge < -0.3 is 5.11 Å². The van der Waals surface area contributed by atoms with E-state index in [1.165, 1.54) is 0 Å². The summed E-state index contributed by atoms with van der Waals surface area (Å²) >= 11 is 0. The quantitative estimate of drug-likeness (QED) is 0.714. The van der Waals surface area contributed by atoms with Crippen molar-refractivity contribution in [1.29, 1.82) is 5.26 Å². The van der Waals surface area contributed by atoms with Gasteiger partial charge in [-0.3, -0.25) is 4.79 Å². The third kappa shape index (κ3) is 6.57. The van der Waals surface area contributed by atoms with Crippen molar-refractivity contribution in [2.75, 3.05) is 0 Å².